The van der Waals surface area contributed by atoms with Crippen molar-refractivity contribution < 1.29 is 14.3 Å². The highest BCUT2D eigenvalue weighted by Gasteiger charge is 2.31. The van der Waals surface area contributed by atoms with Gasteiger partial charge in [0.2, 0.25) is 0 Å². The first kappa shape index (κ1) is 17.6. The van der Waals surface area contributed by atoms with Crippen LogP contribution >= 0.6 is 23.2 Å². The fourth-order valence-electron chi connectivity index (χ4n) is 2.61. The maximum atomic E-state index is 12.4. The average molecular weight is 379 g/mol. The standard InChI is InChI=1S/C18H16Cl2N2O3/c1-22-14-4-2-3-5-15(14)25-16(18(22)24)8-9-21-17(23)11-6-7-12(19)13(20)10-11/h2-7,10,16H,8-9H2,1H3,(H,21,23). The monoisotopic (exact) mass is 378 g/mol. The number of nitrogens with zero attached hydrogens (tertiary/aromatic N) is 1. The van der Waals surface area contributed by atoms with Gasteiger partial charge in [-0.05, 0) is 30.3 Å². The van der Waals surface area contributed by atoms with Crippen molar-refractivity contribution in [1.29, 1.82) is 0 Å². The van der Waals surface area contributed by atoms with Gasteiger partial charge in [-0.25, -0.2) is 0 Å². The highest BCUT2D eigenvalue weighted by atomic mass is 35.5. The number of ether oxygens (including phenoxy) is 1. The number of hydrogen-bond donors (Lipinski definition) is 1. The Bertz CT molecular complexity index is 826. The third kappa shape index (κ3) is 3.72. The number of amides is 2. The first-order chi connectivity index (χ1) is 12.0. The van der Waals surface area contributed by atoms with E-state index in [1.165, 1.54) is 6.07 Å². The lowest BCUT2D eigenvalue weighted by Gasteiger charge is -2.31. The molecule has 1 N–H and O–H groups in total. The van der Waals surface area contributed by atoms with E-state index in [-0.39, 0.29) is 11.8 Å². The zero-order chi connectivity index (χ0) is 18.0. The van der Waals surface area contributed by atoms with Gasteiger partial charge in [0.25, 0.3) is 11.8 Å². The molecular formula is C18H16Cl2N2O3. The molecule has 1 aliphatic heterocycles. The summed E-state index contributed by atoms with van der Waals surface area (Å²) in [7, 11) is 1.71. The van der Waals surface area contributed by atoms with Gasteiger partial charge < -0.3 is 15.0 Å². The Morgan fingerprint density at radius 3 is 2.72 bits per heavy atom. The SMILES string of the molecule is CN1C(=O)C(CCNC(=O)c2ccc(Cl)c(Cl)c2)Oc2ccccc21. The van der Waals surface area contributed by atoms with Gasteiger partial charge in [-0.3, -0.25) is 9.59 Å². The van der Waals surface area contributed by atoms with Crippen LogP contribution in [0.5, 0.6) is 5.75 Å². The van der Waals surface area contributed by atoms with Crippen LogP contribution in [0.3, 0.4) is 0 Å². The van der Waals surface area contributed by atoms with E-state index in [4.69, 9.17) is 27.9 Å². The number of likely N-dealkylation sites (N-methyl/N-ethyl adjacent to an activating group) is 1. The van der Waals surface area contributed by atoms with Crippen molar-refractivity contribution in [3.8, 4) is 5.75 Å². The van der Waals surface area contributed by atoms with Crippen LogP contribution in [0.2, 0.25) is 10.0 Å². The second-order valence-electron chi connectivity index (χ2n) is 5.64. The summed E-state index contributed by atoms with van der Waals surface area (Å²) in [5.41, 5.74) is 1.15. The third-order valence-corrected chi connectivity index (χ3v) is 4.71. The number of carbonyl (C=O) groups is 2. The molecule has 7 heteroatoms. The minimum Gasteiger partial charge on any atom is -0.478 e. The van der Waals surface area contributed by atoms with Crippen LogP contribution in [0.1, 0.15) is 16.8 Å². The van der Waals surface area contributed by atoms with E-state index in [0.29, 0.717) is 34.3 Å². The summed E-state index contributed by atoms with van der Waals surface area (Å²) >= 11 is 11.8. The van der Waals surface area contributed by atoms with Gasteiger partial charge in [0.05, 0.1) is 15.7 Å². The largest absolute Gasteiger partial charge is 0.478 e. The Hall–Kier alpha value is -2.24. The normalized spacial score (nSPS) is 16.2. The summed E-state index contributed by atoms with van der Waals surface area (Å²) in [6.07, 6.45) is -0.265. The summed E-state index contributed by atoms with van der Waals surface area (Å²) in [6, 6.07) is 12.0. The Kier molecular flexibility index (Phi) is 5.16. The van der Waals surface area contributed by atoms with E-state index < -0.39 is 6.10 Å². The molecule has 1 atom stereocenters. The molecule has 1 heterocycles. The third-order valence-electron chi connectivity index (χ3n) is 3.98. The fraction of sp³-hybridized carbons (Fsp3) is 0.222. The molecule has 0 aliphatic carbocycles. The van der Waals surface area contributed by atoms with Crippen molar-refractivity contribution in [2.45, 2.75) is 12.5 Å². The molecule has 0 spiro atoms. The molecule has 25 heavy (non-hydrogen) atoms. The average Bonchev–Trinajstić information content (AvgIpc) is 2.61. The lowest BCUT2D eigenvalue weighted by atomic mass is 10.1. The van der Waals surface area contributed by atoms with Crippen LogP contribution < -0.4 is 15.0 Å². The van der Waals surface area contributed by atoms with E-state index in [9.17, 15) is 9.59 Å². The van der Waals surface area contributed by atoms with Crippen molar-refractivity contribution in [3.05, 3.63) is 58.1 Å². The van der Waals surface area contributed by atoms with Gasteiger partial charge in [0.1, 0.15) is 5.75 Å². The zero-order valence-electron chi connectivity index (χ0n) is 13.5. The second-order valence-corrected chi connectivity index (χ2v) is 6.46. The molecule has 2 aromatic carbocycles. The summed E-state index contributed by atoms with van der Waals surface area (Å²) in [5, 5.41) is 3.47. The molecule has 0 aromatic heterocycles. The van der Waals surface area contributed by atoms with Gasteiger partial charge >= 0.3 is 0 Å². The molecular weight excluding hydrogens is 363 g/mol. The van der Waals surface area contributed by atoms with E-state index in [2.05, 4.69) is 5.32 Å². The Morgan fingerprint density at radius 1 is 1.20 bits per heavy atom. The second kappa shape index (κ2) is 7.33. The highest BCUT2D eigenvalue weighted by molar-refractivity contribution is 6.42. The molecule has 5 nitrogen and oxygen atoms in total. The van der Waals surface area contributed by atoms with Crippen LogP contribution in [-0.4, -0.2) is 31.5 Å². The zero-order valence-corrected chi connectivity index (χ0v) is 15.0. The van der Waals surface area contributed by atoms with Gasteiger partial charge in [-0.15, -0.1) is 0 Å². The van der Waals surface area contributed by atoms with E-state index in [0.717, 1.165) is 5.69 Å². The molecule has 0 fully saturated rings. The Balaban J connectivity index is 1.59. The lowest BCUT2D eigenvalue weighted by Crippen LogP contribution is -2.45. The number of nitrogens with one attached hydrogen (secondary N) is 1. The van der Waals surface area contributed by atoms with Crippen LogP contribution in [0, 0.1) is 0 Å². The maximum absolute atomic E-state index is 12.4. The minimum atomic E-state index is -0.631. The number of fused-ring (bicyclic) bond motifs is 1. The summed E-state index contributed by atoms with van der Waals surface area (Å²) in [6.45, 7) is 0.297. The number of carbonyl (C=O) groups excluding carboxylic acids is 2. The predicted molar refractivity (Wildman–Crippen MR) is 97.7 cm³/mol. The van der Waals surface area contributed by atoms with Crippen LogP contribution in [0.4, 0.5) is 5.69 Å². The molecule has 130 valence electrons. The molecule has 0 saturated carbocycles. The Labute approximate surface area is 155 Å². The number of rotatable bonds is 4. The van der Waals surface area contributed by atoms with Crippen molar-refractivity contribution in [2.75, 3.05) is 18.5 Å². The summed E-state index contributed by atoms with van der Waals surface area (Å²) in [5.74, 6) is 0.239. The quantitative estimate of drug-likeness (QED) is 0.884. The molecule has 0 bridgehead atoms. The first-order valence-electron chi connectivity index (χ1n) is 7.74. The molecule has 0 saturated heterocycles. The van der Waals surface area contributed by atoms with Crippen molar-refractivity contribution >= 4 is 40.7 Å². The number of halogens is 2. The molecule has 0 radical (unpaired) electrons. The van der Waals surface area contributed by atoms with Crippen LogP contribution in [-0.2, 0) is 4.79 Å². The van der Waals surface area contributed by atoms with Crippen LogP contribution in [0.15, 0.2) is 42.5 Å². The van der Waals surface area contributed by atoms with E-state index in [1.807, 2.05) is 24.3 Å². The summed E-state index contributed by atoms with van der Waals surface area (Å²) < 4.78 is 5.76. The van der Waals surface area contributed by atoms with Crippen molar-refractivity contribution in [2.24, 2.45) is 0 Å². The summed E-state index contributed by atoms with van der Waals surface area (Å²) in [4.78, 5) is 26.1. The van der Waals surface area contributed by atoms with E-state index >= 15 is 0 Å². The van der Waals surface area contributed by atoms with Crippen molar-refractivity contribution in [3.63, 3.8) is 0 Å². The Morgan fingerprint density at radius 2 is 1.96 bits per heavy atom. The van der Waals surface area contributed by atoms with Crippen molar-refractivity contribution in [1.82, 2.24) is 5.32 Å². The lowest BCUT2D eigenvalue weighted by molar-refractivity contribution is -0.126. The number of hydrogen-bond acceptors (Lipinski definition) is 3. The predicted octanol–water partition coefficient (Wildman–Crippen LogP) is 3.54. The highest BCUT2D eigenvalue weighted by Crippen LogP contribution is 2.33. The minimum absolute atomic E-state index is 0.137. The van der Waals surface area contributed by atoms with Gasteiger partial charge in [0, 0.05) is 25.6 Å². The molecule has 3 rings (SSSR count). The number of benzene rings is 2. The van der Waals surface area contributed by atoms with Crippen LogP contribution in [0.25, 0.3) is 0 Å². The van der Waals surface area contributed by atoms with E-state index in [1.54, 1.807) is 24.1 Å². The van der Waals surface area contributed by atoms with Gasteiger partial charge in [0.15, 0.2) is 6.10 Å². The molecule has 1 aliphatic rings. The topological polar surface area (TPSA) is 58.6 Å². The molecule has 2 amide bonds. The van der Waals surface area contributed by atoms with Gasteiger partial charge in [-0.2, -0.15) is 0 Å². The number of anilines is 1. The number of para-hydroxylation sites is 2. The maximum Gasteiger partial charge on any atom is 0.267 e. The fourth-order valence-corrected chi connectivity index (χ4v) is 2.91. The first-order valence-corrected chi connectivity index (χ1v) is 8.49. The smallest absolute Gasteiger partial charge is 0.267 e. The molecule has 1 unspecified atom stereocenters. The van der Waals surface area contributed by atoms with Gasteiger partial charge in [-0.1, -0.05) is 35.3 Å². The molecule has 2 aromatic rings.